The van der Waals surface area contributed by atoms with Crippen LogP contribution in [0.15, 0.2) is 24.4 Å². The number of carboxylic acid groups (broad SMARTS) is 1. The molecule has 0 amide bonds. The van der Waals surface area contributed by atoms with Gasteiger partial charge in [0.05, 0.1) is 11.6 Å². The summed E-state index contributed by atoms with van der Waals surface area (Å²) in [5, 5.41) is 9.18. The molecule has 3 heterocycles. The first-order chi connectivity index (χ1) is 8.25. The lowest BCUT2D eigenvalue weighted by atomic mass is 9.89. The summed E-state index contributed by atoms with van der Waals surface area (Å²) in [6.07, 6.45) is 4.77. The van der Waals surface area contributed by atoms with E-state index in [1.165, 1.54) is 0 Å². The largest absolute Gasteiger partial charge is 0.481 e. The van der Waals surface area contributed by atoms with Gasteiger partial charge in [-0.2, -0.15) is 0 Å². The van der Waals surface area contributed by atoms with Crippen molar-refractivity contribution in [2.24, 2.45) is 5.92 Å². The Morgan fingerprint density at radius 3 is 3.00 bits per heavy atom. The Bertz CT molecular complexity index is 421. The number of hydrogen-bond acceptors (Lipinski definition) is 3. The van der Waals surface area contributed by atoms with Crippen molar-refractivity contribution >= 4 is 5.97 Å². The van der Waals surface area contributed by atoms with Gasteiger partial charge in [0.15, 0.2) is 0 Å². The standard InChI is InChI=1S/C13H16N2O2/c16-13(17)11-7-10-4-5-12(11)15(10)8-9-3-1-2-6-14-9/h1-3,6,10-12H,4-5,7-8H2,(H,16,17). The van der Waals surface area contributed by atoms with Gasteiger partial charge in [0.25, 0.3) is 0 Å². The number of carbonyl (C=O) groups is 1. The van der Waals surface area contributed by atoms with E-state index in [2.05, 4.69) is 9.88 Å². The highest BCUT2D eigenvalue weighted by Crippen LogP contribution is 2.42. The minimum Gasteiger partial charge on any atom is -0.481 e. The molecule has 90 valence electrons. The quantitative estimate of drug-likeness (QED) is 0.858. The number of nitrogens with zero attached hydrogens (tertiary/aromatic N) is 2. The van der Waals surface area contributed by atoms with Crippen molar-refractivity contribution in [2.75, 3.05) is 0 Å². The Morgan fingerprint density at radius 1 is 1.47 bits per heavy atom. The summed E-state index contributed by atoms with van der Waals surface area (Å²) >= 11 is 0. The summed E-state index contributed by atoms with van der Waals surface area (Å²) in [6, 6.07) is 6.56. The van der Waals surface area contributed by atoms with Crippen LogP contribution in [0.2, 0.25) is 0 Å². The third kappa shape index (κ3) is 1.82. The van der Waals surface area contributed by atoms with Crippen molar-refractivity contribution in [3.8, 4) is 0 Å². The van der Waals surface area contributed by atoms with Crippen molar-refractivity contribution < 1.29 is 9.90 Å². The van der Waals surface area contributed by atoms with E-state index in [1.54, 1.807) is 6.20 Å². The Labute approximate surface area is 100 Å². The number of aromatic nitrogens is 1. The van der Waals surface area contributed by atoms with Crippen LogP contribution in [-0.4, -0.2) is 33.0 Å². The number of hydrogen-bond donors (Lipinski definition) is 1. The second kappa shape index (κ2) is 4.11. The van der Waals surface area contributed by atoms with Crippen LogP contribution in [0, 0.1) is 5.92 Å². The normalized spacial score (nSPS) is 31.9. The van der Waals surface area contributed by atoms with E-state index in [4.69, 9.17) is 0 Å². The summed E-state index contributed by atoms with van der Waals surface area (Å²) in [4.78, 5) is 17.8. The van der Waals surface area contributed by atoms with Gasteiger partial charge in [-0.3, -0.25) is 14.7 Å². The average Bonchev–Trinajstić information content (AvgIpc) is 2.88. The maximum Gasteiger partial charge on any atom is 0.308 e. The molecule has 2 fully saturated rings. The topological polar surface area (TPSA) is 53.4 Å². The minimum atomic E-state index is -0.636. The Hall–Kier alpha value is -1.42. The number of carboxylic acids is 1. The molecule has 3 atom stereocenters. The molecule has 3 rings (SSSR count). The van der Waals surface area contributed by atoms with Crippen LogP contribution in [0.25, 0.3) is 0 Å². The molecule has 1 aromatic heterocycles. The van der Waals surface area contributed by atoms with Crippen LogP contribution in [0.5, 0.6) is 0 Å². The van der Waals surface area contributed by atoms with E-state index < -0.39 is 5.97 Å². The third-order valence-electron chi connectivity index (χ3n) is 4.07. The van der Waals surface area contributed by atoms with E-state index in [-0.39, 0.29) is 12.0 Å². The highest BCUT2D eigenvalue weighted by atomic mass is 16.4. The zero-order valence-electron chi connectivity index (χ0n) is 9.62. The smallest absolute Gasteiger partial charge is 0.308 e. The molecule has 2 aliphatic rings. The Kier molecular flexibility index (Phi) is 2.59. The number of fused-ring (bicyclic) bond motifs is 2. The molecular weight excluding hydrogens is 216 g/mol. The molecule has 2 aliphatic heterocycles. The van der Waals surface area contributed by atoms with Crippen molar-refractivity contribution in [1.29, 1.82) is 0 Å². The lowest BCUT2D eigenvalue weighted by Gasteiger charge is -2.22. The van der Waals surface area contributed by atoms with Crippen molar-refractivity contribution in [2.45, 2.75) is 37.9 Å². The summed E-state index contributed by atoms with van der Waals surface area (Å²) in [6.45, 7) is 0.792. The summed E-state index contributed by atoms with van der Waals surface area (Å²) < 4.78 is 0. The predicted molar refractivity (Wildman–Crippen MR) is 62.3 cm³/mol. The monoisotopic (exact) mass is 232 g/mol. The van der Waals surface area contributed by atoms with Gasteiger partial charge in [0, 0.05) is 24.8 Å². The molecule has 17 heavy (non-hydrogen) atoms. The van der Waals surface area contributed by atoms with Crippen LogP contribution in [0.4, 0.5) is 0 Å². The molecule has 2 bridgehead atoms. The number of rotatable bonds is 3. The van der Waals surface area contributed by atoms with Gasteiger partial charge in [-0.15, -0.1) is 0 Å². The van der Waals surface area contributed by atoms with Gasteiger partial charge in [0.2, 0.25) is 0 Å². The van der Waals surface area contributed by atoms with Crippen LogP contribution >= 0.6 is 0 Å². The van der Waals surface area contributed by atoms with Crippen LogP contribution < -0.4 is 0 Å². The molecule has 0 spiro atoms. The summed E-state index contributed by atoms with van der Waals surface area (Å²) in [5.41, 5.74) is 1.04. The van der Waals surface area contributed by atoms with Gasteiger partial charge in [-0.05, 0) is 31.4 Å². The minimum absolute atomic E-state index is 0.169. The SMILES string of the molecule is O=C(O)C1CC2CCC1N2Cc1ccccn1. The molecule has 0 aliphatic carbocycles. The fraction of sp³-hybridized carbons (Fsp3) is 0.538. The molecule has 1 aromatic rings. The first kappa shape index (κ1) is 10.7. The maximum atomic E-state index is 11.1. The van der Waals surface area contributed by atoms with Gasteiger partial charge >= 0.3 is 5.97 Å². The van der Waals surface area contributed by atoms with Gasteiger partial charge in [-0.1, -0.05) is 6.07 Å². The van der Waals surface area contributed by atoms with Gasteiger partial charge in [0.1, 0.15) is 0 Å². The lowest BCUT2D eigenvalue weighted by Crippen LogP contribution is -2.32. The third-order valence-corrected chi connectivity index (χ3v) is 4.07. The van der Waals surface area contributed by atoms with Crippen LogP contribution in [0.3, 0.4) is 0 Å². The molecule has 0 saturated carbocycles. The predicted octanol–water partition coefficient (Wildman–Crippen LogP) is 1.52. The van der Waals surface area contributed by atoms with Gasteiger partial charge in [-0.25, -0.2) is 0 Å². The fourth-order valence-corrected chi connectivity index (χ4v) is 3.29. The molecule has 1 N–H and O–H groups in total. The fourth-order valence-electron chi connectivity index (χ4n) is 3.29. The van der Waals surface area contributed by atoms with Gasteiger partial charge < -0.3 is 5.11 Å². The summed E-state index contributed by atoms with van der Waals surface area (Å²) in [5.74, 6) is -0.805. The van der Waals surface area contributed by atoms with Crippen molar-refractivity contribution in [3.05, 3.63) is 30.1 Å². The number of pyridine rings is 1. The van der Waals surface area contributed by atoms with E-state index >= 15 is 0 Å². The lowest BCUT2D eigenvalue weighted by molar-refractivity contribution is -0.142. The molecule has 0 radical (unpaired) electrons. The van der Waals surface area contributed by atoms with Crippen LogP contribution in [0.1, 0.15) is 25.0 Å². The molecule has 2 saturated heterocycles. The molecule has 4 nitrogen and oxygen atoms in total. The van der Waals surface area contributed by atoms with E-state index in [0.29, 0.717) is 6.04 Å². The highest BCUT2D eigenvalue weighted by Gasteiger charge is 2.49. The summed E-state index contributed by atoms with van der Waals surface area (Å²) in [7, 11) is 0. The Balaban J connectivity index is 1.75. The van der Waals surface area contributed by atoms with Crippen molar-refractivity contribution in [1.82, 2.24) is 9.88 Å². The zero-order valence-corrected chi connectivity index (χ0v) is 9.62. The van der Waals surface area contributed by atoms with E-state index in [9.17, 15) is 9.90 Å². The first-order valence-corrected chi connectivity index (χ1v) is 6.14. The molecule has 3 unspecified atom stereocenters. The maximum absolute atomic E-state index is 11.1. The van der Waals surface area contributed by atoms with Crippen LogP contribution in [-0.2, 0) is 11.3 Å². The molecule has 0 aromatic carbocycles. The van der Waals surface area contributed by atoms with E-state index in [0.717, 1.165) is 31.5 Å². The van der Waals surface area contributed by atoms with Crippen molar-refractivity contribution in [3.63, 3.8) is 0 Å². The highest BCUT2D eigenvalue weighted by molar-refractivity contribution is 5.71. The molecule has 4 heteroatoms. The zero-order chi connectivity index (χ0) is 11.8. The molecular formula is C13H16N2O2. The number of aliphatic carboxylic acids is 1. The second-order valence-corrected chi connectivity index (χ2v) is 4.97. The van der Waals surface area contributed by atoms with E-state index in [1.807, 2.05) is 18.2 Å². The Morgan fingerprint density at radius 2 is 2.35 bits per heavy atom. The first-order valence-electron chi connectivity index (χ1n) is 6.14. The average molecular weight is 232 g/mol. The second-order valence-electron chi connectivity index (χ2n) is 4.97.